The van der Waals surface area contributed by atoms with Crippen molar-refractivity contribution in [3.63, 3.8) is 0 Å². The van der Waals surface area contributed by atoms with Crippen molar-refractivity contribution in [3.05, 3.63) is 23.7 Å². The molecule has 1 aliphatic heterocycles. The fourth-order valence-corrected chi connectivity index (χ4v) is 2.19. The van der Waals surface area contributed by atoms with Crippen LogP contribution >= 0.6 is 0 Å². The minimum Gasteiger partial charge on any atom is -0.475 e. The third kappa shape index (κ3) is 3.14. The SMILES string of the molecule is CCC(NC(=O)c1ccc(C(=O)O)o1)C1CCCO1. The van der Waals surface area contributed by atoms with E-state index in [1.54, 1.807) is 0 Å². The molecule has 1 aromatic rings. The van der Waals surface area contributed by atoms with Gasteiger partial charge in [0.05, 0.1) is 12.1 Å². The summed E-state index contributed by atoms with van der Waals surface area (Å²) in [5, 5.41) is 11.6. The molecule has 1 aromatic heterocycles. The van der Waals surface area contributed by atoms with E-state index in [0.717, 1.165) is 25.9 Å². The number of hydrogen-bond donors (Lipinski definition) is 2. The number of ether oxygens (including phenoxy) is 1. The van der Waals surface area contributed by atoms with E-state index >= 15 is 0 Å². The standard InChI is InChI=1S/C13H17NO5/c1-2-8(9-4-3-7-18-9)14-12(15)10-5-6-11(19-10)13(16)17/h5-6,8-9H,2-4,7H2,1H3,(H,14,15)(H,16,17). The first-order valence-corrected chi connectivity index (χ1v) is 6.37. The van der Waals surface area contributed by atoms with Gasteiger partial charge in [-0.15, -0.1) is 0 Å². The lowest BCUT2D eigenvalue weighted by molar-refractivity contribution is 0.0633. The zero-order valence-electron chi connectivity index (χ0n) is 10.7. The molecule has 0 aliphatic carbocycles. The number of furan rings is 1. The first-order chi connectivity index (χ1) is 9.11. The van der Waals surface area contributed by atoms with Crippen molar-refractivity contribution < 1.29 is 23.8 Å². The average Bonchev–Trinajstić information content (AvgIpc) is 3.05. The van der Waals surface area contributed by atoms with Crippen LogP contribution in [-0.4, -0.2) is 35.7 Å². The molecule has 19 heavy (non-hydrogen) atoms. The van der Waals surface area contributed by atoms with Gasteiger partial charge in [0.1, 0.15) is 0 Å². The molecule has 0 saturated carbocycles. The molecule has 0 bridgehead atoms. The Morgan fingerprint density at radius 2 is 2.21 bits per heavy atom. The summed E-state index contributed by atoms with van der Waals surface area (Å²) >= 11 is 0. The highest BCUT2D eigenvalue weighted by Crippen LogP contribution is 2.18. The molecule has 1 saturated heterocycles. The smallest absolute Gasteiger partial charge is 0.371 e. The van der Waals surface area contributed by atoms with Crippen LogP contribution in [-0.2, 0) is 4.74 Å². The molecule has 2 rings (SSSR count). The lowest BCUT2D eigenvalue weighted by Gasteiger charge is -2.22. The molecule has 1 amide bonds. The zero-order valence-corrected chi connectivity index (χ0v) is 10.7. The second-order valence-corrected chi connectivity index (χ2v) is 4.51. The fourth-order valence-electron chi connectivity index (χ4n) is 2.19. The van der Waals surface area contributed by atoms with Crippen molar-refractivity contribution in [2.75, 3.05) is 6.61 Å². The minimum atomic E-state index is -1.19. The van der Waals surface area contributed by atoms with E-state index in [9.17, 15) is 9.59 Å². The van der Waals surface area contributed by atoms with Crippen molar-refractivity contribution in [3.8, 4) is 0 Å². The lowest BCUT2D eigenvalue weighted by atomic mass is 10.1. The summed E-state index contributed by atoms with van der Waals surface area (Å²) < 4.78 is 10.5. The largest absolute Gasteiger partial charge is 0.475 e. The topological polar surface area (TPSA) is 88.8 Å². The second kappa shape index (κ2) is 5.88. The quantitative estimate of drug-likeness (QED) is 0.847. The van der Waals surface area contributed by atoms with Gasteiger partial charge in [-0.05, 0) is 31.4 Å². The van der Waals surface area contributed by atoms with Crippen molar-refractivity contribution in [2.24, 2.45) is 0 Å². The van der Waals surface area contributed by atoms with Gasteiger partial charge in [-0.3, -0.25) is 4.79 Å². The van der Waals surface area contributed by atoms with Crippen molar-refractivity contribution >= 4 is 11.9 Å². The minimum absolute atomic E-state index is 0.00819. The van der Waals surface area contributed by atoms with Gasteiger partial charge in [0, 0.05) is 6.61 Å². The third-order valence-corrected chi connectivity index (χ3v) is 3.21. The van der Waals surface area contributed by atoms with Crippen LogP contribution in [0.1, 0.15) is 47.3 Å². The number of aromatic carboxylic acids is 1. The first kappa shape index (κ1) is 13.6. The Morgan fingerprint density at radius 1 is 1.47 bits per heavy atom. The van der Waals surface area contributed by atoms with Crippen LogP contribution in [0.3, 0.4) is 0 Å². The third-order valence-electron chi connectivity index (χ3n) is 3.21. The molecule has 1 fully saturated rings. The maximum Gasteiger partial charge on any atom is 0.371 e. The van der Waals surface area contributed by atoms with E-state index in [2.05, 4.69) is 5.32 Å². The Morgan fingerprint density at radius 3 is 2.74 bits per heavy atom. The first-order valence-electron chi connectivity index (χ1n) is 6.37. The van der Waals surface area contributed by atoms with Gasteiger partial charge in [0.15, 0.2) is 5.76 Å². The maximum absolute atomic E-state index is 12.0. The van der Waals surface area contributed by atoms with Crippen LogP contribution in [0.5, 0.6) is 0 Å². The van der Waals surface area contributed by atoms with E-state index in [-0.39, 0.29) is 23.7 Å². The lowest BCUT2D eigenvalue weighted by Crippen LogP contribution is -2.42. The van der Waals surface area contributed by atoms with Crippen LogP contribution < -0.4 is 5.32 Å². The molecule has 2 heterocycles. The summed E-state index contributed by atoms with van der Waals surface area (Å²) in [5.41, 5.74) is 0. The predicted octanol–water partition coefficient (Wildman–Crippen LogP) is 1.67. The molecular formula is C13H17NO5. The van der Waals surface area contributed by atoms with Crippen LogP contribution in [0.25, 0.3) is 0 Å². The number of rotatable bonds is 5. The van der Waals surface area contributed by atoms with E-state index in [1.165, 1.54) is 12.1 Å². The molecule has 2 atom stereocenters. The zero-order chi connectivity index (χ0) is 13.8. The summed E-state index contributed by atoms with van der Waals surface area (Å²) in [4.78, 5) is 22.6. The van der Waals surface area contributed by atoms with Crippen LogP contribution in [0.2, 0.25) is 0 Å². The molecule has 1 aliphatic rings. The summed E-state index contributed by atoms with van der Waals surface area (Å²) in [5.74, 6) is -1.83. The highest BCUT2D eigenvalue weighted by atomic mass is 16.5. The summed E-state index contributed by atoms with van der Waals surface area (Å²) in [6, 6.07) is 2.55. The van der Waals surface area contributed by atoms with Crippen molar-refractivity contribution in [1.29, 1.82) is 0 Å². The normalized spacial score (nSPS) is 20.2. The van der Waals surface area contributed by atoms with Crippen molar-refractivity contribution in [2.45, 2.75) is 38.3 Å². The Labute approximate surface area is 110 Å². The second-order valence-electron chi connectivity index (χ2n) is 4.51. The predicted molar refractivity (Wildman–Crippen MR) is 66.2 cm³/mol. The number of carboxylic acids is 1. The van der Waals surface area contributed by atoms with Gasteiger partial charge < -0.3 is 19.6 Å². The van der Waals surface area contributed by atoms with Crippen LogP contribution in [0, 0.1) is 0 Å². The Kier molecular flexibility index (Phi) is 4.21. The highest BCUT2D eigenvalue weighted by molar-refractivity contribution is 5.93. The van der Waals surface area contributed by atoms with Gasteiger partial charge >= 0.3 is 5.97 Å². The molecule has 6 heteroatoms. The number of carbonyl (C=O) groups is 2. The van der Waals surface area contributed by atoms with Gasteiger partial charge in [0.25, 0.3) is 5.91 Å². The number of amides is 1. The van der Waals surface area contributed by atoms with E-state index < -0.39 is 11.9 Å². The van der Waals surface area contributed by atoms with E-state index in [1.807, 2.05) is 6.92 Å². The van der Waals surface area contributed by atoms with Crippen molar-refractivity contribution in [1.82, 2.24) is 5.32 Å². The van der Waals surface area contributed by atoms with Gasteiger partial charge in [-0.25, -0.2) is 4.79 Å². The maximum atomic E-state index is 12.0. The summed E-state index contributed by atoms with van der Waals surface area (Å²) in [7, 11) is 0. The molecule has 0 aromatic carbocycles. The Bertz CT molecular complexity index is 461. The molecule has 6 nitrogen and oxygen atoms in total. The number of carbonyl (C=O) groups excluding carboxylic acids is 1. The van der Waals surface area contributed by atoms with E-state index in [4.69, 9.17) is 14.3 Å². The average molecular weight is 267 g/mol. The van der Waals surface area contributed by atoms with Gasteiger partial charge in [0.2, 0.25) is 5.76 Å². The number of nitrogens with one attached hydrogen (secondary N) is 1. The van der Waals surface area contributed by atoms with E-state index in [0.29, 0.717) is 0 Å². The molecule has 0 spiro atoms. The molecular weight excluding hydrogens is 250 g/mol. The van der Waals surface area contributed by atoms with Gasteiger partial charge in [-0.1, -0.05) is 6.92 Å². The Balaban J connectivity index is 2.00. The Hall–Kier alpha value is -1.82. The van der Waals surface area contributed by atoms with Crippen LogP contribution in [0.15, 0.2) is 16.5 Å². The number of carboxylic acid groups (broad SMARTS) is 1. The fraction of sp³-hybridized carbons (Fsp3) is 0.538. The van der Waals surface area contributed by atoms with Crippen LogP contribution in [0.4, 0.5) is 0 Å². The molecule has 2 unspecified atom stereocenters. The van der Waals surface area contributed by atoms with Gasteiger partial charge in [-0.2, -0.15) is 0 Å². The molecule has 104 valence electrons. The monoisotopic (exact) mass is 267 g/mol. The number of hydrogen-bond acceptors (Lipinski definition) is 4. The highest BCUT2D eigenvalue weighted by Gasteiger charge is 2.27. The summed E-state index contributed by atoms with van der Waals surface area (Å²) in [6.07, 6.45) is 2.71. The molecule has 0 radical (unpaired) electrons. The molecule has 2 N–H and O–H groups in total. The summed E-state index contributed by atoms with van der Waals surface area (Å²) in [6.45, 7) is 2.69.